The van der Waals surface area contributed by atoms with Gasteiger partial charge in [0.25, 0.3) is 0 Å². The molecule has 0 spiro atoms. The standard InChI is InChI=1S/C9H19NO/c1-6-8(10-11)9(4,5)7(2)3/h7,11H,6H2,1-5H3. The van der Waals surface area contributed by atoms with Crippen molar-refractivity contribution in [3.8, 4) is 0 Å². The highest BCUT2D eigenvalue weighted by Crippen LogP contribution is 2.29. The van der Waals surface area contributed by atoms with Crippen molar-refractivity contribution in [3.63, 3.8) is 0 Å². The Morgan fingerprint density at radius 3 is 2.00 bits per heavy atom. The van der Waals surface area contributed by atoms with Gasteiger partial charge in [0, 0.05) is 5.41 Å². The van der Waals surface area contributed by atoms with Gasteiger partial charge in [-0.1, -0.05) is 39.8 Å². The summed E-state index contributed by atoms with van der Waals surface area (Å²) in [7, 11) is 0. The van der Waals surface area contributed by atoms with Gasteiger partial charge in [0.05, 0.1) is 5.71 Å². The van der Waals surface area contributed by atoms with Crippen LogP contribution in [-0.4, -0.2) is 10.9 Å². The van der Waals surface area contributed by atoms with Crippen molar-refractivity contribution >= 4 is 5.71 Å². The van der Waals surface area contributed by atoms with Gasteiger partial charge >= 0.3 is 0 Å². The van der Waals surface area contributed by atoms with Crippen LogP contribution in [-0.2, 0) is 0 Å². The number of hydrogen-bond donors (Lipinski definition) is 1. The van der Waals surface area contributed by atoms with Crippen molar-refractivity contribution < 1.29 is 5.21 Å². The monoisotopic (exact) mass is 157 g/mol. The van der Waals surface area contributed by atoms with E-state index in [1.54, 1.807) is 0 Å². The molecule has 0 atom stereocenters. The van der Waals surface area contributed by atoms with E-state index in [0.717, 1.165) is 12.1 Å². The molecule has 0 aromatic heterocycles. The molecular formula is C9H19NO. The minimum Gasteiger partial charge on any atom is -0.411 e. The summed E-state index contributed by atoms with van der Waals surface area (Å²) < 4.78 is 0. The van der Waals surface area contributed by atoms with Crippen LogP contribution >= 0.6 is 0 Å². The number of rotatable bonds is 3. The molecule has 0 aliphatic carbocycles. The predicted molar refractivity (Wildman–Crippen MR) is 48.1 cm³/mol. The Bertz CT molecular complexity index is 148. The van der Waals surface area contributed by atoms with Crippen molar-refractivity contribution in [2.75, 3.05) is 0 Å². The summed E-state index contributed by atoms with van der Waals surface area (Å²) in [5, 5.41) is 12.0. The van der Waals surface area contributed by atoms with Crippen molar-refractivity contribution in [2.45, 2.75) is 41.0 Å². The van der Waals surface area contributed by atoms with Gasteiger partial charge in [-0.2, -0.15) is 0 Å². The van der Waals surface area contributed by atoms with Crippen LogP contribution < -0.4 is 0 Å². The minimum absolute atomic E-state index is 0.0174. The van der Waals surface area contributed by atoms with Crippen LogP contribution in [0, 0.1) is 11.3 Å². The molecule has 1 N–H and O–H groups in total. The fraction of sp³-hybridized carbons (Fsp3) is 0.889. The first-order valence-electron chi connectivity index (χ1n) is 4.18. The summed E-state index contributed by atoms with van der Waals surface area (Å²) in [6.07, 6.45) is 0.821. The average molecular weight is 157 g/mol. The van der Waals surface area contributed by atoms with Crippen LogP contribution in [0.3, 0.4) is 0 Å². The van der Waals surface area contributed by atoms with Gasteiger partial charge in [-0.3, -0.25) is 0 Å². The Morgan fingerprint density at radius 2 is 1.91 bits per heavy atom. The highest BCUT2D eigenvalue weighted by molar-refractivity contribution is 5.89. The first-order chi connectivity index (χ1) is 4.96. The van der Waals surface area contributed by atoms with E-state index in [4.69, 9.17) is 5.21 Å². The molecule has 2 heteroatoms. The molecule has 0 heterocycles. The van der Waals surface area contributed by atoms with Crippen molar-refractivity contribution in [1.29, 1.82) is 0 Å². The molecule has 0 saturated carbocycles. The summed E-state index contributed by atoms with van der Waals surface area (Å²) in [5.41, 5.74) is 0.899. The summed E-state index contributed by atoms with van der Waals surface area (Å²) in [4.78, 5) is 0. The van der Waals surface area contributed by atoms with Crippen molar-refractivity contribution in [2.24, 2.45) is 16.5 Å². The molecule has 0 unspecified atom stereocenters. The molecule has 0 aromatic carbocycles. The zero-order valence-electron chi connectivity index (χ0n) is 8.18. The Balaban J connectivity index is 4.52. The van der Waals surface area contributed by atoms with E-state index in [1.165, 1.54) is 0 Å². The van der Waals surface area contributed by atoms with Crippen LogP contribution in [0.4, 0.5) is 0 Å². The number of nitrogens with zero attached hydrogens (tertiary/aromatic N) is 1. The van der Waals surface area contributed by atoms with E-state index in [0.29, 0.717) is 5.92 Å². The molecule has 66 valence electrons. The lowest BCUT2D eigenvalue weighted by Crippen LogP contribution is -2.29. The van der Waals surface area contributed by atoms with E-state index in [9.17, 15) is 0 Å². The molecule has 0 aromatic rings. The second-order valence-corrected chi connectivity index (χ2v) is 3.78. The number of hydrogen-bond acceptors (Lipinski definition) is 2. The maximum absolute atomic E-state index is 8.70. The molecular weight excluding hydrogens is 138 g/mol. The quantitative estimate of drug-likeness (QED) is 0.381. The van der Waals surface area contributed by atoms with Gasteiger partial charge in [0.15, 0.2) is 0 Å². The highest BCUT2D eigenvalue weighted by atomic mass is 16.4. The first kappa shape index (κ1) is 10.5. The molecule has 0 rings (SSSR count). The Hall–Kier alpha value is -0.530. The molecule has 0 bridgehead atoms. The Morgan fingerprint density at radius 1 is 1.45 bits per heavy atom. The average Bonchev–Trinajstić information content (AvgIpc) is 1.89. The van der Waals surface area contributed by atoms with Crippen LogP contribution in [0.2, 0.25) is 0 Å². The summed E-state index contributed by atoms with van der Waals surface area (Å²) in [6.45, 7) is 10.5. The molecule has 0 aliphatic rings. The van der Waals surface area contributed by atoms with E-state index in [-0.39, 0.29) is 5.41 Å². The van der Waals surface area contributed by atoms with Crippen LogP contribution in [0.15, 0.2) is 5.16 Å². The normalized spacial score (nSPS) is 14.2. The van der Waals surface area contributed by atoms with Gasteiger partial charge in [0.1, 0.15) is 0 Å². The lowest BCUT2D eigenvalue weighted by atomic mass is 9.76. The highest BCUT2D eigenvalue weighted by Gasteiger charge is 2.27. The van der Waals surface area contributed by atoms with Gasteiger partial charge in [-0.25, -0.2) is 0 Å². The zero-order valence-corrected chi connectivity index (χ0v) is 8.18. The van der Waals surface area contributed by atoms with Gasteiger partial charge < -0.3 is 5.21 Å². The summed E-state index contributed by atoms with van der Waals surface area (Å²) in [6, 6.07) is 0. The van der Waals surface area contributed by atoms with Gasteiger partial charge in [-0.05, 0) is 12.3 Å². The topological polar surface area (TPSA) is 32.6 Å². The molecule has 0 aliphatic heterocycles. The third-order valence-electron chi connectivity index (χ3n) is 2.64. The van der Waals surface area contributed by atoms with Crippen LogP contribution in [0.25, 0.3) is 0 Å². The minimum atomic E-state index is 0.0174. The van der Waals surface area contributed by atoms with Crippen LogP contribution in [0.1, 0.15) is 41.0 Å². The summed E-state index contributed by atoms with van der Waals surface area (Å²) >= 11 is 0. The fourth-order valence-corrected chi connectivity index (χ4v) is 0.988. The maximum Gasteiger partial charge on any atom is 0.0626 e. The van der Waals surface area contributed by atoms with Gasteiger partial charge in [0.2, 0.25) is 0 Å². The smallest absolute Gasteiger partial charge is 0.0626 e. The third-order valence-corrected chi connectivity index (χ3v) is 2.64. The predicted octanol–water partition coefficient (Wildman–Crippen LogP) is 2.91. The molecule has 0 fully saturated rings. The lowest BCUT2D eigenvalue weighted by Gasteiger charge is -2.29. The van der Waals surface area contributed by atoms with Crippen LogP contribution in [0.5, 0.6) is 0 Å². The molecule has 0 saturated heterocycles. The maximum atomic E-state index is 8.70. The second kappa shape index (κ2) is 3.74. The van der Waals surface area contributed by atoms with E-state index in [1.807, 2.05) is 6.92 Å². The largest absolute Gasteiger partial charge is 0.411 e. The zero-order chi connectivity index (χ0) is 9.07. The molecule has 0 radical (unpaired) electrons. The Kier molecular flexibility index (Phi) is 3.56. The number of oxime groups is 1. The summed E-state index contributed by atoms with van der Waals surface area (Å²) in [5.74, 6) is 0.508. The SMILES string of the molecule is CCC(=NO)C(C)(C)C(C)C. The van der Waals surface area contributed by atoms with E-state index >= 15 is 0 Å². The molecule has 11 heavy (non-hydrogen) atoms. The van der Waals surface area contributed by atoms with E-state index < -0.39 is 0 Å². The molecule has 2 nitrogen and oxygen atoms in total. The second-order valence-electron chi connectivity index (χ2n) is 3.78. The van der Waals surface area contributed by atoms with Gasteiger partial charge in [-0.15, -0.1) is 0 Å². The lowest BCUT2D eigenvalue weighted by molar-refractivity contribution is 0.289. The third kappa shape index (κ3) is 2.21. The van der Waals surface area contributed by atoms with Crippen molar-refractivity contribution in [1.82, 2.24) is 0 Å². The fourth-order valence-electron chi connectivity index (χ4n) is 0.988. The van der Waals surface area contributed by atoms with E-state index in [2.05, 4.69) is 32.9 Å². The Labute approximate surface area is 69.3 Å². The first-order valence-corrected chi connectivity index (χ1v) is 4.18. The van der Waals surface area contributed by atoms with Crippen molar-refractivity contribution in [3.05, 3.63) is 0 Å². The molecule has 0 amide bonds.